The maximum atomic E-state index is 13.8. The second kappa shape index (κ2) is 10.6. The van der Waals surface area contributed by atoms with E-state index in [1.165, 1.54) is 6.07 Å². The number of rotatable bonds is 9. The number of hydrogen-bond acceptors (Lipinski definition) is 2. The SMILES string of the molecule is NC(=NCCCc1cnc[nH]1)NCCC(c1cccc(F)c1)c1cccc(Cl)c1. The summed E-state index contributed by atoms with van der Waals surface area (Å²) in [5, 5.41) is 3.82. The van der Waals surface area contributed by atoms with Gasteiger partial charge in [-0.3, -0.25) is 4.99 Å². The summed E-state index contributed by atoms with van der Waals surface area (Å²) in [5.74, 6) is 0.171. The lowest BCUT2D eigenvalue weighted by atomic mass is 9.88. The van der Waals surface area contributed by atoms with Gasteiger partial charge in [-0.05, 0) is 54.7 Å². The molecule has 0 saturated carbocycles. The molecule has 1 unspecified atom stereocenters. The molecule has 2 aromatic carbocycles. The number of benzene rings is 2. The Balaban J connectivity index is 1.56. The number of aryl methyl sites for hydroxylation is 1. The summed E-state index contributed by atoms with van der Waals surface area (Å²) in [5.41, 5.74) is 9.02. The first-order valence-electron chi connectivity index (χ1n) is 9.64. The van der Waals surface area contributed by atoms with Crippen molar-refractivity contribution >= 4 is 17.6 Å². The fourth-order valence-corrected chi connectivity index (χ4v) is 3.46. The van der Waals surface area contributed by atoms with Crippen LogP contribution < -0.4 is 11.1 Å². The van der Waals surface area contributed by atoms with Crippen LogP contribution in [0.5, 0.6) is 0 Å². The molecule has 152 valence electrons. The van der Waals surface area contributed by atoms with Crippen molar-refractivity contribution in [2.75, 3.05) is 13.1 Å². The van der Waals surface area contributed by atoms with Gasteiger partial charge in [0, 0.05) is 35.9 Å². The fourth-order valence-electron chi connectivity index (χ4n) is 3.26. The summed E-state index contributed by atoms with van der Waals surface area (Å²) in [6.07, 6.45) is 5.98. The number of aromatic amines is 1. The number of nitrogens with two attached hydrogens (primary N) is 1. The molecule has 0 radical (unpaired) electrons. The van der Waals surface area contributed by atoms with E-state index in [1.54, 1.807) is 18.5 Å². The highest BCUT2D eigenvalue weighted by atomic mass is 35.5. The average Bonchev–Trinajstić information content (AvgIpc) is 3.22. The van der Waals surface area contributed by atoms with E-state index < -0.39 is 0 Å². The van der Waals surface area contributed by atoms with E-state index in [0.29, 0.717) is 24.1 Å². The average molecular weight is 414 g/mol. The summed E-state index contributed by atoms with van der Waals surface area (Å²) < 4.78 is 13.8. The van der Waals surface area contributed by atoms with Crippen molar-refractivity contribution in [1.29, 1.82) is 0 Å². The van der Waals surface area contributed by atoms with Crippen LogP contribution in [-0.2, 0) is 6.42 Å². The van der Waals surface area contributed by atoms with Gasteiger partial charge in [0.05, 0.1) is 6.33 Å². The van der Waals surface area contributed by atoms with Gasteiger partial charge in [0.15, 0.2) is 5.96 Å². The van der Waals surface area contributed by atoms with Crippen LogP contribution >= 0.6 is 11.6 Å². The van der Waals surface area contributed by atoms with Crippen molar-refractivity contribution in [2.45, 2.75) is 25.2 Å². The minimum atomic E-state index is -0.249. The predicted molar refractivity (Wildman–Crippen MR) is 116 cm³/mol. The molecule has 0 saturated heterocycles. The van der Waals surface area contributed by atoms with Crippen LogP contribution in [0.15, 0.2) is 66.0 Å². The lowest BCUT2D eigenvalue weighted by Gasteiger charge is -2.19. The molecule has 0 amide bonds. The second-order valence-corrected chi connectivity index (χ2v) is 7.26. The first-order chi connectivity index (χ1) is 14.1. The predicted octanol–water partition coefficient (Wildman–Crippen LogP) is 4.26. The fraction of sp³-hybridized carbons (Fsp3) is 0.273. The summed E-state index contributed by atoms with van der Waals surface area (Å²) >= 11 is 6.17. The van der Waals surface area contributed by atoms with Crippen LogP contribution in [0.25, 0.3) is 0 Å². The standard InChI is InChI=1S/C22H25ClFN5/c23-18-6-1-4-16(12-18)21(17-5-2-7-19(24)13-17)9-11-28-22(25)27-10-3-8-20-14-26-15-29-20/h1-2,4-7,12-15,21H,3,8-11H2,(H,26,29)(H3,25,27,28). The van der Waals surface area contributed by atoms with E-state index in [9.17, 15) is 4.39 Å². The Morgan fingerprint density at radius 3 is 2.72 bits per heavy atom. The molecule has 1 heterocycles. The number of aromatic nitrogens is 2. The Kier molecular flexibility index (Phi) is 7.64. The summed E-state index contributed by atoms with van der Waals surface area (Å²) in [6.45, 7) is 1.25. The maximum Gasteiger partial charge on any atom is 0.188 e. The molecule has 1 atom stereocenters. The maximum absolute atomic E-state index is 13.8. The highest BCUT2D eigenvalue weighted by Gasteiger charge is 2.15. The van der Waals surface area contributed by atoms with Crippen LogP contribution in [0.3, 0.4) is 0 Å². The van der Waals surface area contributed by atoms with Crippen molar-refractivity contribution in [3.63, 3.8) is 0 Å². The summed E-state index contributed by atoms with van der Waals surface area (Å²) in [4.78, 5) is 11.4. The smallest absolute Gasteiger partial charge is 0.188 e. The van der Waals surface area contributed by atoms with Gasteiger partial charge in [-0.25, -0.2) is 9.37 Å². The van der Waals surface area contributed by atoms with E-state index in [1.807, 2.05) is 36.5 Å². The van der Waals surface area contributed by atoms with Crippen LogP contribution in [0.4, 0.5) is 4.39 Å². The number of nitrogens with zero attached hydrogens (tertiary/aromatic N) is 2. The molecule has 3 rings (SSSR count). The normalized spacial score (nSPS) is 12.7. The minimum absolute atomic E-state index is 0.00470. The van der Waals surface area contributed by atoms with Gasteiger partial charge in [-0.15, -0.1) is 0 Å². The van der Waals surface area contributed by atoms with Crippen molar-refractivity contribution in [2.24, 2.45) is 10.7 Å². The van der Waals surface area contributed by atoms with E-state index in [2.05, 4.69) is 20.3 Å². The van der Waals surface area contributed by atoms with E-state index in [0.717, 1.165) is 36.1 Å². The topological polar surface area (TPSA) is 79.1 Å². The molecular weight excluding hydrogens is 389 g/mol. The number of nitrogens with one attached hydrogen (secondary N) is 2. The second-order valence-electron chi connectivity index (χ2n) is 6.83. The Morgan fingerprint density at radius 2 is 2.00 bits per heavy atom. The Labute approximate surface area is 175 Å². The molecule has 1 aromatic heterocycles. The van der Waals surface area contributed by atoms with Crippen LogP contribution in [0, 0.1) is 5.82 Å². The first kappa shape index (κ1) is 20.9. The summed E-state index contributed by atoms with van der Waals surface area (Å²) in [7, 11) is 0. The molecule has 7 heteroatoms. The third-order valence-corrected chi connectivity index (χ3v) is 4.92. The number of H-pyrrole nitrogens is 1. The van der Waals surface area contributed by atoms with Gasteiger partial charge in [-0.2, -0.15) is 0 Å². The number of guanidine groups is 1. The molecule has 5 nitrogen and oxygen atoms in total. The monoisotopic (exact) mass is 413 g/mol. The van der Waals surface area contributed by atoms with Gasteiger partial charge in [0.2, 0.25) is 0 Å². The lowest BCUT2D eigenvalue weighted by molar-refractivity contribution is 0.618. The molecule has 0 aliphatic heterocycles. The largest absolute Gasteiger partial charge is 0.370 e. The molecule has 29 heavy (non-hydrogen) atoms. The van der Waals surface area contributed by atoms with Crippen molar-refractivity contribution < 1.29 is 4.39 Å². The first-order valence-corrected chi connectivity index (χ1v) is 10.0. The number of aliphatic imine (C=N–C) groups is 1. The molecule has 0 spiro atoms. The molecule has 0 bridgehead atoms. The number of hydrogen-bond donors (Lipinski definition) is 3. The van der Waals surface area contributed by atoms with Crippen LogP contribution in [0.1, 0.15) is 35.6 Å². The van der Waals surface area contributed by atoms with Crippen molar-refractivity contribution in [3.05, 3.63) is 88.7 Å². The lowest BCUT2D eigenvalue weighted by Crippen LogP contribution is -2.33. The van der Waals surface area contributed by atoms with Gasteiger partial charge in [0.1, 0.15) is 5.82 Å². The zero-order chi connectivity index (χ0) is 20.5. The molecule has 0 aliphatic carbocycles. The van der Waals surface area contributed by atoms with Crippen LogP contribution in [-0.4, -0.2) is 29.0 Å². The van der Waals surface area contributed by atoms with Gasteiger partial charge < -0.3 is 16.0 Å². The zero-order valence-corrected chi connectivity index (χ0v) is 16.9. The molecule has 0 fully saturated rings. The summed E-state index contributed by atoms with van der Waals surface area (Å²) in [6, 6.07) is 14.3. The molecule has 0 aliphatic rings. The van der Waals surface area contributed by atoms with Crippen molar-refractivity contribution in [3.8, 4) is 0 Å². The molecule has 4 N–H and O–H groups in total. The van der Waals surface area contributed by atoms with Gasteiger partial charge in [-0.1, -0.05) is 35.9 Å². The van der Waals surface area contributed by atoms with Gasteiger partial charge >= 0.3 is 0 Å². The Morgan fingerprint density at radius 1 is 1.21 bits per heavy atom. The Hall–Kier alpha value is -2.86. The number of halogens is 2. The van der Waals surface area contributed by atoms with E-state index in [-0.39, 0.29) is 11.7 Å². The molecule has 3 aromatic rings. The third kappa shape index (κ3) is 6.61. The minimum Gasteiger partial charge on any atom is -0.370 e. The van der Waals surface area contributed by atoms with Gasteiger partial charge in [0.25, 0.3) is 0 Å². The highest BCUT2D eigenvalue weighted by Crippen LogP contribution is 2.29. The van der Waals surface area contributed by atoms with Crippen molar-refractivity contribution in [1.82, 2.24) is 15.3 Å². The third-order valence-electron chi connectivity index (χ3n) is 4.68. The number of imidazole rings is 1. The highest BCUT2D eigenvalue weighted by molar-refractivity contribution is 6.30. The zero-order valence-electron chi connectivity index (χ0n) is 16.1. The molecular formula is C22H25ClFN5. The van der Waals surface area contributed by atoms with Crippen LogP contribution in [0.2, 0.25) is 5.02 Å². The quantitative estimate of drug-likeness (QED) is 0.278. The van der Waals surface area contributed by atoms with E-state index >= 15 is 0 Å². The van der Waals surface area contributed by atoms with E-state index in [4.69, 9.17) is 17.3 Å². The Bertz CT molecular complexity index is 881.